The molecule has 5 nitrogen and oxygen atoms in total. The normalized spacial score (nSPS) is 21.3. The fourth-order valence-corrected chi connectivity index (χ4v) is 6.15. The summed E-state index contributed by atoms with van der Waals surface area (Å²) in [7, 11) is -5.32. The Hall–Kier alpha value is -0.733. The summed E-state index contributed by atoms with van der Waals surface area (Å²) >= 11 is 0. The first-order valence-corrected chi connectivity index (χ1v) is 15.1. The van der Waals surface area contributed by atoms with Crippen molar-refractivity contribution in [1.82, 2.24) is 9.62 Å². The van der Waals surface area contributed by atoms with E-state index in [0.29, 0.717) is 30.5 Å². The molecule has 1 aromatic carbocycles. The molecule has 1 aromatic rings. The maximum absolute atomic E-state index is 13.3. The Morgan fingerprint density at radius 1 is 1.14 bits per heavy atom. The molecule has 1 heterocycles. The summed E-state index contributed by atoms with van der Waals surface area (Å²) < 4.78 is 34.7. The van der Waals surface area contributed by atoms with Gasteiger partial charge in [0.25, 0.3) is 0 Å². The number of hydrogen-bond acceptors (Lipinski definition) is 4. The van der Waals surface area contributed by atoms with Crippen molar-refractivity contribution in [3.8, 4) is 0 Å². The van der Waals surface area contributed by atoms with Crippen molar-refractivity contribution in [2.24, 2.45) is 17.8 Å². The van der Waals surface area contributed by atoms with Crippen molar-refractivity contribution in [3.05, 3.63) is 30.3 Å². The van der Waals surface area contributed by atoms with Crippen LogP contribution < -0.4 is 5.32 Å². The summed E-state index contributed by atoms with van der Waals surface area (Å²) in [5.74, 6) is 0.867. The monoisotopic (exact) mass is 440 g/mol. The molecule has 0 aliphatic carbocycles. The van der Waals surface area contributed by atoms with Crippen molar-refractivity contribution in [2.45, 2.75) is 57.6 Å². The predicted molar refractivity (Wildman–Crippen MR) is 123 cm³/mol. The lowest BCUT2D eigenvalue weighted by Crippen LogP contribution is -2.44. The van der Waals surface area contributed by atoms with Gasteiger partial charge in [0.15, 0.2) is 8.32 Å². The standard InChI is InChI=1S/C22H40N2O3SSi/c1-18(2)15-24(28(25,26)21-11-9-8-10-12-21)16-19-13-23-14-20(19)17-27-29(6,7)22(3,4)5/h8-12,18-20,23H,13-17H2,1-7H3/t19-,20-/m0/s1. The predicted octanol–water partition coefficient (Wildman–Crippen LogP) is 4.19. The lowest BCUT2D eigenvalue weighted by molar-refractivity contribution is 0.190. The topological polar surface area (TPSA) is 58.6 Å². The first-order valence-electron chi connectivity index (χ1n) is 10.7. The molecule has 166 valence electrons. The van der Waals surface area contributed by atoms with Gasteiger partial charge < -0.3 is 9.74 Å². The largest absolute Gasteiger partial charge is 0.416 e. The second-order valence-corrected chi connectivity index (χ2v) is 17.0. The Balaban J connectivity index is 2.14. The van der Waals surface area contributed by atoms with Crippen molar-refractivity contribution in [1.29, 1.82) is 0 Å². The van der Waals surface area contributed by atoms with Gasteiger partial charge in [0.05, 0.1) is 4.90 Å². The number of hydrogen-bond donors (Lipinski definition) is 1. The van der Waals surface area contributed by atoms with E-state index in [0.717, 1.165) is 13.1 Å². The Bertz CT molecular complexity index is 745. The van der Waals surface area contributed by atoms with Crippen molar-refractivity contribution in [3.63, 3.8) is 0 Å². The van der Waals surface area contributed by atoms with Crippen LogP contribution in [0.25, 0.3) is 0 Å². The molecule has 1 saturated heterocycles. The third-order valence-corrected chi connectivity index (χ3v) is 12.7. The zero-order chi connectivity index (χ0) is 21.9. The van der Waals surface area contributed by atoms with Crippen LogP contribution in [0.2, 0.25) is 18.1 Å². The minimum Gasteiger partial charge on any atom is -0.416 e. The highest BCUT2D eigenvalue weighted by atomic mass is 32.2. The average Bonchev–Trinajstić information content (AvgIpc) is 3.06. The highest BCUT2D eigenvalue weighted by molar-refractivity contribution is 7.89. The minimum atomic E-state index is -3.50. The molecule has 0 spiro atoms. The average molecular weight is 441 g/mol. The van der Waals surface area contributed by atoms with Gasteiger partial charge in [-0.2, -0.15) is 4.31 Å². The van der Waals surface area contributed by atoms with E-state index in [4.69, 9.17) is 4.43 Å². The molecule has 0 bridgehead atoms. The number of rotatable bonds is 9. The SMILES string of the molecule is CC(C)CN(C[C@@H]1CNC[C@H]1CO[Si](C)(C)C(C)(C)C)S(=O)(=O)c1ccccc1. The molecule has 7 heteroatoms. The molecule has 1 fully saturated rings. The summed E-state index contributed by atoms with van der Waals surface area (Å²) in [5, 5.41) is 3.64. The van der Waals surface area contributed by atoms with Gasteiger partial charge in [-0.1, -0.05) is 52.8 Å². The molecule has 1 aliphatic heterocycles. The number of nitrogens with zero attached hydrogens (tertiary/aromatic N) is 1. The van der Waals surface area contributed by atoms with Gasteiger partial charge >= 0.3 is 0 Å². The highest BCUT2D eigenvalue weighted by Crippen LogP contribution is 2.37. The van der Waals surface area contributed by atoms with Crippen LogP contribution in [0, 0.1) is 17.8 Å². The molecule has 1 aliphatic rings. The molecule has 29 heavy (non-hydrogen) atoms. The van der Waals surface area contributed by atoms with Gasteiger partial charge in [-0.05, 0) is 54.6 Å². The van der Waals surface area contributed by atoms with E-state index in [1.165, 1.54) is 0 Å². The second kappa shape index (κ2) is 9.60. The van der Waals surface area contributed by atoms with Gasteiger partial charge in [-0.3, -0.25) is 0 Å². The van der Waals surface area contributed by atoms with E-state index in [-0.39, 0.29) is 16.9 Å². The van der Waals surface area contributed by atoms with Crippen molar-refractivity contribution >= 4 is 18.3 Å². The third-order valence-electron chi connectivity index (χ3n) is 6.33. The van der Waals surface area contributed by atoms with Crippen LogP contribution in [0.1, 0.15) is 34.6 Å². The Labute approximate surface area is 179 Å². The van der Waals surface area contributed by atoms with Crippen LogP contribution >= 0.6 is 0 Å². The van der Waals surface area contributed by atoms with Gasteiger partial charge in [0.2, 0.25) is 10.0 Å². The van der Waals surface area contributed by atoms with Crippen LogP contribution in [0.3, 0.4) is 0 Å². The molecule has 0 amide bonds. The summed E-state index contributed by atoms with van der Waals surface area (Å²) in [6.07, 6.45) is 0. The fourth-order valence-electron chi connectivity index (χ4n) is 3.41. The molecule has 2 rings (SSSR count). The Morgan fingerprint density at radius 3 is 2.28 bits per heavy atom. The maximum Gasteiger partial charge on any atom is 0.243 e. The van der Waals surface area contributed by atoms with Crippen molar-refractivity contribution < 1.29 is 12.8 Å². The molecule has 0 saturated carbocycles. The summed E-state index contributed by atoms with van der Waals surface area (Å²) in [6.45, 7) is 18.9. The Morgan fingerprint density at radius 2 is 1.72 bits per heavy atom. The molecule has 1 N–H and O–H groups in total. The van der Waals surface area contributed by atoms with Gasteiger partial charge in [0.1, 0.15) is 0 Å². The number of sulfonamides is 1. The van der Waals surface area contributed by atoms with E-state index in [9.17, 15) is 8.42 Å². The van der Waals surface area contributed by atoms with E-state index < -0.39 is 18.3 Å². The van der Waals surface area contributed by atoms with Crippen LogP contribution in [-0.2, 0) is 14.4 Å². The highest BCUT2D eigenvalue weighted by Gasteiger charge is 2.40. The minimum absolute atomic E-state index is 0.175. The second-order valence-electron chi connectivity index (χ2n) is 10.3. The number of benzene rings is 1. The summed E-state index contributed by atoms with van der Waals surface area (Å²) in [5.41, 5.74) is 0. The maximum atomic E-state index is 13.3. The molecule has 0 unspecified atom stereocenters. The quantitative estimate of drug-likeness (QED) is 0.585. The van der Waals surface area contributed by atoms with Crippen LogP contribution in [-0.4, -0.2) is 53.8 Å². The zero-order valence-electron chi connectivity index (χ0n) is 19.2. The van der Waals surface area contributed by atoms with E-state index in [2.05, 4.69) is 53.0 Å². The lowest BCUT2D eigenvalue weighted by atomic mass is 9.97. The van der Waals surface area contributed by atoms with Crippen LogP contribution in [0.4, 0.5) is 0 Å². The summed E-state index contributed by atoms with van der Waals surface area (Å²) in [6, 6.07) is 8.79. The smallest absolute Gasteiger partial charge is 0.243 e. The van der Waals surface area contributed by atoms with Gasteiger partial charge in [-0.25, -0.2) is 8.42 Å². The Kier molecular flexibility index (Phi) is 8.12. The first kappa shape index (κ1) is 24.5. The molecular formula is C22H40N2O3SSi. The van der Waals surface area contributed by atoms with Gasteiger partial charge in [0, 0.05) is 26.2 Å². The van der Waals surface area contributed by atoms with E-state index in [1.54, 1.807) is 28.6 Å². The molecule has 0 radical (unpaired) electrons. The summed E-state index contributed by atoms with van der Waals surface area (Å²) in [4.78, 5) is 0.376. The van der Waals surface area contributed by atoms with Crippen LogP contribution in [0.15, 0.2) is 35.2 Å². The van der Waals surface area contributed by atoms with E-state index in [1.807, 2.05) is 6.07 Å². The zero-order valence-corrected chi connectivity index (χ0v) is 21.1. The van der Waals surface area contributed by atoms with Crippen molar-refractivity contribution in [2.75, 3.05) is 32.8 Å². The number of nitrogens with one attached hydrogen (secondary N) is 1. The third kappa shape index (κ3) is 6.37. The fraction of sp³-hybridized carbons (Fsp3) is 0.727. The van der Waals surface area contributed by atoms with E-state index >= 15 is 0 Å². The lowest BCUT2D eigenvalue weighted by Gasteiger charge is -2.37. The molecule has 0 aromatic heterocycles. The first-order chi connectivity index (χ1) is 13.3. The molecule has 2 atom stereocenters. The van der Waals surface area contributed by atoms with Crippen LogP contribution in [0.5, 0.6) is 0 Å². The molecular weight excluding hydrogens is 400 g/mol. The van der Waals surface area contributed by atoms with Gasteiger partial charge in [-0.15, -0.1) is 0 Å².